The molecule has 1 atom stereocenters. The fraction of sp³-hybridized carbons (Fsp3) is 0.222. The SMILES string of the molecule is NC(N)=NCCCc1nc(-c2c[nH]c3ccccc23)c[n+]2c1NC(I)C2=O. The summed E-state index contributed by atoms with van der Waals surface area (Å²) in [4.78, 5) is 24.7. The molecule has 0 amide bonds. The molecule has 0 saturated carbocycles. The predicted octanol–water partition coefficient (Wildman–Crippen LogP) is 1.55. The van der Waals surface area contributed by atoms with Crippen molar-refractivity contribution >= 4 is 51.2 Å². The Morgan fingerprint density at radius 1 is 1.33 bits per heavy atom. The third-order valence-corrected chi connectivity index (χ3v) is 5.31. The summed E-state index contributed by atoms with van der Waals surface area (Å²) in [5, 5.41) is 4.29. The molecule has 1 aromatic carbocycles. The topological polar surface area (TPSA) is 126 Å². The van der Waals surface area contributed by atoms with Crippen molar-refractivity contribution in [3.05, 3.63) is 42.4 Å². The number of anilines is 1. The van der Waals surface area contributed by atoms with Crippen LogP contribution in [-0.2, 0) is 6.42 Å². The highest BCUT2D eigenvalue weighted by Crippen LogP contribution is 2.29. The lowest BCUT2D eigenvalue weighted by Gasteiger charge is -2.06. The number of aryl methyl sites for hydroxylation is 1. The van der Waals surface area contributed by atoms with Crippen molar-refractivity contribution in [2.24, 2.45) is 16.5 Å². The number of hydrogen-bond donors (Lipinski definition) is 4. The second-order valence-electron chi connectivity index (χ2n) is 6.29. The zero-order chi connectivity index (χ0) is 19.0. The normalized spacial score (nSPS) is 15.6. The van der Waals surface area contributed by atoms with E-state index in [4.69, 9.17) is 16.5 Å². The van der Waals surface area contributed by atoms with Crippen LogP contribution < -0.4 is 21.4 Å². The Labute approximate surface area is 169 Å². The van der Waals surface area contributed by atoms with E-state index >= 15 is 0 Å². The molecular weight excluding hydrogens is 457 g/mol. The van der Waals surface area contributed by atoms with E-state index in [1.54, 1.807) is 10.8 Å². The first-order valence-corrected chi connectivity index (χ1v) is 9.81. The van der Waals surface area contributed by atoms with Crippen LogP contribution in [-0.4, -0.2) is 32.4 Å². The van der Waals surface area contributed by atoms with Gasteiger partial charge in [-0.2, -0.15) is 4.57 Å². The van der Waals surface area contributed by atoms with Crippen LogP contribution in [0.15, 0.2) is 41.7 Å². The Bertz CT molecular complexity index is 1060. The third-order valence-electron chi connectivity index (χ3n) is 4.47. The number of carbonyl (C=O) groups excluding carboxylic acids is 1. The summed E-state index contributed by atoms with van der Waals surface area (Å²) in [5.41, 5.74) is 14.4. The smallest absolute Gasteiger partial charge is 0.369 e. The number of H-pyrrole nitrogens is 1. The number of aliphatic imine (C=N–C) groups is 1. The van der Waals surface area contributed by atoms with Crippen LogP contribution in [0.2, 0.25) is 0 Å². The minimum absolute atomic E-state index is 0.000403. The third kappa shape index (κ3) is 3.34. The number of aromatic amines is 1. The van der Waals surface area contributed by atoms with Crippen molar-refractivity contribution in [1.82, 2.24) is 9.97 Å². The summed E-state index contributed by atoms with van der Waals surface area (Å²) in [6.45, 7) is 0.516. The number of fused-ring (bicyclic) bond motifs is 2. The standard InChI is InChI=1S/C18H18IN7O/c19-15-17(27)26-9-14(11-8-23-12-5-2-1-4-10(11)12)24-13(16(26)25-15)6-3-7-22-18(20)21/h1-2,4-5,8-9,15,23H,3,6-7H2,(H4,20,21,22)/p+1. The Balaban J connectivity index is 1.76. The predicted molar refractivity (Wildman–Crippen MR) is 113 cm³/mol. The number of alkyl halides is 1. The molecule has 138 valence electrons. The molecule has 0 fully saturated rings. The zero-order valence-corrected chi connectivity index (χ0v) is 16.6. The molecule has 6 N–H and O–H groups in total. The lowest BCUT2D eigenvalue weighted by atomic mass is 10.1. The number of hydrogen-bond acceptors (Lipinski definition) is 4. The van der Waals surface area contributed by atoms with Crippen LogP contribution in [0.4, 0.5) is 5.82 Å². The molecule has 1 unspecified atom stereocenters. The molecule has 2 aromatic heterocycles. The average molecular weight is 476 g/mol. The molecule has 1 aliphatic heterocycles. The first-order valence-electron chi connectivity index (χ1n) is 8.57. The highest BCUT2D eigenvalue weighted by molar-refractivity contribution is 14.1. The molecule has 0 radical (unpaired) electrons. The molecule has 0 aliphatic carbocycles. The second-order valence-corrected chi connectivity index (χ2v) is 7.54. The number of aromatic nitrogens is 3. The number of para-hydroxylation sites is 1. The maximum absolute atomic E-state index is 12.6. The van der Waals surface area contributed by atoms with Crippen molar-refractivity contribution < 1.29 is 9.36 Å². The quantitative estimate of drug-likeness (QED) is 0.0846. The monoisotopic (exact) mass is 476 g/mol. The number of guanidine groups is 1. The Kier molecular flexibility index (Phi) is 4.68. The fourth-order valence-electron chi connectivity index (χ4n) is 3.23. The van der Waals surface area contributed by atoms with Crippen LogP contribution in [0.3, 0.4) is 0 Å². The first-order chi connectivity index (χ1) is 13.0. The van der Waals surface area contributed by atoms with Gasteiger partial charge >= 0.3 is 11.7 Å². The summed E-state index contributed by atoms with van der Waals surface area (Å²) < 4.78 is 1.36. The maximum atomic E-state index is 12.6. The van der Waals surface area contributed by atoms with Crippen LogP contribution in [0.1, 0.15) is 16.9 Å². The maximum Gasteiger partial charge on any atom is 0.369 e. The molecule has 0 spiro atoms. The van der Waals surface area contributed by atoms with E-state index in [9.17, 15) is 4.79 Å². The van der Waals surface area contributed by atoms with E-state index in [2.05, 4.69) is 37.9 Å². The summed E-state index contributed by atoms with van der Waals surface area (Å²) in [7, 11) is 0. The van der Waals surface area contributed by atoms with Gasteiger partial charge in [-0.3, -0.25) is 4.99 Å². The van der Waals surface area contributed by atoms with Crippen LogP contribution >= 0.6 is 22.6 Å². The summed E-state index contributed by atoms with van der Waals surface area (Å²) in [5.74, 6) is 0.822. The van der Waals surface area contributed by atoms with E-state index in [1.165, 1.54) is 0 Å². The molecule has 0 bridgehead atoms. The number of rotatable bonds is 5. The Morgan fingerprint density at radius 2 is 2.15 bits per heavy atom. The van der Waals surface area contributed by atoms with Gasteiger partial charge < -0.3 is 16.5 Å². The molecule has 3 heterocycles. The van der Waals surface area contributed by atoms with Gasteiger partial charge in [-0.25, -0.2) is 15.1 Å². The van der Waals surface area contributed by atoms with Gasteiger partial charge in [0.2, 0.25) is 4.05 Å². The van der Waals surface area contributed by atoms with E-state index in [-0.39, 0.29) is 15.9 Å². The number of nitrogens with zero attached hydrogens (tertiary/aromatic N) is 3. The molecule has 0 saturated heterocycles. The molecule has 4 rings (SSSR count). The van der Waals surface area contributed by atoms with E-state index < -0.39 is 0 Å². The zero-order valence-electron chi connectivity index (χ0n) is 14.4. The lowest BCUT2D eigenvalue weighted by Crippen LogP contribution is -2.41. The largest absolute Gasteiger partial charge is 0.370 e. The Hall–Kier alpha value is -2.69. The number of carbonyl (C=O) groups is 1. The molecular formula is C18H19IN7O+. The minimum Gasteiger partial charge on any atom is -0.370 e. The highest BCUT2D eigenvalue weighted by Gasteiger charge is 2.39. The van der Waals surface area contributed by atoms with E-state index in [0.717, 1.165) is 40.1 Å². The Morgan fingerprint density at radius 3 is 2.96 bits per heavy atom. The molecule has 9 heteroatoms. The number of nitrogens with one attached hydrogen (secondary N) is 2. The van der Waals surface area contributed by atoms with Gasteiger partial charge in [-0.05, 0) is 41.5 Å². The van der Waals surface area contributed by atoms with Gasteiger partial charge in [0.05, 0.1) is 0 Å². The lowest BCUT2D eigenvalue weighted by molar-refractivity contribution is -0.551. The van der Waals surface area contributed by atoms with Gasteiger partial charge in [0, 0.05) is 29.2 Å². The number of halogens is 1. The second kappa shape index (κ2) is 7.14. The van der Waals surface area contributed by atoms with Crippen LogP contribution in [0.25, 0.3) is 22.2 Å². The highest BCUT2D eigenvalue weighted by atomic mass is 127. The summed E-state index contributed by atoms with van der Waals surface area (Å²) >= 11 is 2.09. The van der Waals surface area contributed by atoms with Gasteiger partial charge in [0.15, 0.2) is 5.96 Å². The van der Waals surface area contributed by atoms with Gasteiger partial charge in [-0.1, -0.05) is 18.2 Å². The summed E-state index contributed by atoms with van der Waals surface area (Å²) in [6.07, 6.45) is 5.12. The van der Waals surface area contributed by atoms with Crippen molar-refractivity contribution in [3.63, 3.8) is 0 Å². The summed E-state index contributed by atoms with van der Waals surface area (Å²) in [6, 6.07) is 8.03. The van der Waals surface area contributed by atoms with Crippen LogP contribution in [0, 0.1) is 0 Å². The first kappa shape index (κ1) is 17.7. The van der Waals surface area contributed by atoms with E-state index in [1.807, 2.05) is 30.5 Å². The van der Waals surface area contributed by atoms with Gasteiger partial charge in [0.25, 0.3) is 0 Å². The van der Waals surface area contributed by atoms with Crippen molar-refractivity contribution in [2.45, 2.75) is 16.9 Å². The van der Waals surface area contributed by atoms with Gasteiger partial charge in [0.1, 0.15) is 17.6 Å². The van der Waals surface area contributed by atoms with Crippen molar-refractivity contribution in [3.8, 4) is 11.3 Å². The molecule has 8 nitrogen and oxygen atoms in total. The minimum atomic E-state index is -0.306. The average Bonchev–Trinajstić information content (AvgIpc) is 3.20. The molecule has 3 aromatic rings. The fourth-order valence-corrected chi connectivity index (χ4v) is 3.82. The van der Waals surface area contributed by atoms with Gasteiger partial charge in [-0.15, -0.1) is 0 Å². The van der Waals surface area contributed by atoms with Crippen LogP contribution in [0.5, 0.6) is 0 Å². The molecule has 1 aliphatic rings. The molecule has 27 heavy (non-hydrogen) atoms. The van der Waals surface area contributed by atoms with Crippen molar-refractivity contribution in [2.75, 3.05) is 11.9 Å². The number of nitrogens with two attached hydrogens (primary N) is 2. The number of benzene rings is 1. The van der Waals surface area contributed by atoms with E-state index in [0.29, 0.717) is 13.0 Å². The van der Waals surface area contributed by atoms with Crippen molar-refractivity contribution in [1.29, 1.82) is 0 Å².